The third kappa shape index (κ3) is 7.83. The van der Waals surface area contributed by atoms with E-state index in [1.807, 2.05) is 72.8 Å². The van der Waals surface area contributed by atoms with E-state index < -0.39 is 23.8 Å². The normalized spacial score (nSPS) is 13.6. The summed E-state index contributed by atoms with van der Waals surface area (Å²) in [5.41, 5.74) is 5.00. The molecule has 3 heterocycles. The SMILES string of the molecule is O=C([C@H](Cc1ccccc1)N(Cc1ccc(-c2cncnc2)cc1)C(=O)/C=C/c1ccc(C(F)(F)F)nc1)N1CCc2ccccc2C1. The molecule has 0 aliphatic carbocycles. The van der Waals surface area contributed by atoms with Gasteiger partial charge in [-0.1, -0.05) is 84.9 Å². The molecule has 1 aliphatic heterocycles. The first-order valence-electron chi connectivity index (χ1n) is 15.5. The lowest BCUT2D eigenvalue weighted by atomic mass is 9.97. The lowest BCUT2D eigenvalue weighted by Gasteiger charge is -2.37. The van der Waals surface area contributed by atoms with Gasteiger partial charge < -0.3 is 9.80 Å². The number of carbonyl (C=O) groups excluding carboxylic acids is 2. The number of benzene rings is 3. The molecule has 7 nitrogen and oxygen atoms in total. The van der Waals surface area contributed by atoms with Gasteiger partial charge in [0, 0.05) is 56.3 Å². The highest BCUT2D eigenvalue weighted by Gasteiger charge is 2.34. The average Bonchev–Trinajstić information content (AvgIpc) is 3.12. The number of pyridine rings is 1. The van der Waals surface area contributed by atoms with E-state index in [1.165, 1.54) is 30.1 Å². The molecule has 3 aromatic carbocycles. The molecule has 0 fully saturated rings. The van der Waals surface area contributed by atoms with Gasteiger partial charge in [0.25, 0.3) is 0 Å². The lowest BCUT2D eigenvalue weighted by molar-refractivity contribution is -0.144. The Balaban J connectivity index is 1.34. The van der Waals surface area contributed by atoms with E-state index in [9.17, 15) is 22.8 Å². The van der Waals surface area contributed by atoms with Crippen molar-refractivity contribution in [2.45, 2.75) is 38.1 Å². The second-order valence-electron chi connectivity index (χ2n) is 11.6. The van der Waals surface area contributed by atoms with E-state index in [2.05, 4.69) is 21.0 Å². The summed E-state index contributed by atoms with van der Waals surface area (Å²) in [5.74, 6) is -0.633. The first kappa shape index (κ1) is 32.3. The summed E-state index contributed by atoms with van der Waals surface area (Å²) in [6.07, 6.45) is 5.07. The zero-order valence-electron chi connectivity index (χ0n) is 25.9. The van der Waals surface area contributed by atoms with Crippen molar-refractivity contribution in [1.82, 2.24) is 24.8 Å². The molecule has 6 rings (SSSR count). The van der Waals surface area contributed by atoms with Crippen molar-refractivity contribution >= 4 is 17.9 Å². The molecule has 10 heteroatoms. The van der Waals surface area contributed by atoms with Crippen LogP contribution in [0.2, 0.25) is 0 Å². The number of carbonyl (C=O) groups is 2. The molecule has 0 bridgehead atoms. The average molecular weight is 648 g/mol. The molecule has 1 aliphatic rings. The fourth-order valence-electron chi connectivity index (χ4n) is 5.79. The summed E-state index contributed by atoms with van der Waals surface area (Å²) in [5, 5.41) is 0. The number of nitrogens with zero attached hydrogens (tertiary/aromatic N) is 5. The number of amides is 2. The van der Waals surface area contributed by atoms with Crippen LogP contribution in [0, 0.1) is 0 Å². The lowest BCUT2D eigenvalue weighted by Crippen LogP contribution is -2.52. The Kier molecular flexibility index (Phi) is 9.70. The summed E-state index contributed by atoms with van der Waals surface area (Å²) in [6, 6.07) is 26.5. The van der Waals surface area contributed by atoms with Crippen molar-refractivity contribution in [3.05, 3.63) is 156 Å². The standard InChI is InChI=1S/C38H32F3N5O2/c39-38(40,41)35-16-12-28(21-44-35)13-17-36(47)46(24-29-10-14-31(15-11-29)33-22-42-26-43-23-33)34(20-27-6-2-1-3-7-27)37(48)45-19-18-30-8-4-5-9-32(30)25-45/h1-17,21-23,26,34H,18-20,24-25H2/b17-13+/t34-/m0/s1. The zero-order chi connectivity index (χ0) is 33.5. The van der Waals surface area contributed by atoms with Gasteiger partial charge in [0.05, 0.1) is 0 Å². The maximum absolute atomic E-state index is 14.5. The van der Waals surface area contributed by atoms with Crippen molar-refractivity contribution in [3.8, 4) is 11.1 Å². The first-order chi connectivity index (χ1) is 23.2. The molecule has 0 saturated heterocycles. The molecular formula is C38H32F3N5O2. The van der Waals surface area contributed by atoms with Gasteiger partial charge in [-0.3, -0.25) is 14.6 Å². The summed E-state index contributed by atoms with van der Waals surface area (Å²) >= 11 is 0. The Morgan fingerprint density at radius 2 is 1.52 bits per heavy atom. The van der Waals surface area contributed by atoms with Gasteiger partial charge in [-0.05, 0) is 51.9 Å². The van der Waals surface area contributed by atoms with Crippen LogP contribution < -0.4 is 0 Å². The Morgan fingerprint density at radius 1 is 0.812 bits per heavy atom. The molecule has 0 spiro atoms. The molecule has 2 amide bonds. The van der Waals surface area contributed by atoms with E-state index in [-0.39, 0.29) is 18.9 Å². The van der Waals surface area contributed by atoms with Crippen LogP contribution in [-0.4, -0.2) is 49.2 Å². The van der Waals surface area contributed by atoms with E-state index >= 15 is 0 Å². The number of fused-ring (bicyclic) bond motifs is 1. The monoisotopic (exact) mass is 647 g/mol. The number of hydrogen-bond acceptors (Lipinski definition) is 5. The molecule has 1 atom stereocenters. The third-order valence-corrected chi connectivity index (χ3v) is 8.35. The zero-order valence-corrected chi connectivity index (χ0v) is 25.9. The molecule has 5 aromatic rings. The van der Waals surface area contributed by atoms with E-state index in [0.29, 0.717) is 25.1 Å². The van der Waals surface area contributed by atoms with Gasteiger partial charge in [0.2, 0.25) is 11.8 Å². The maximum Gasteiger partial charge on any atom is 0.433 e. The van der Waals surface area contributed by atoms with Gasteiger partial charge in [-0.15, -0.1) is 0 Å². The minimum atomic E-state index is -4.57. The van der Waals surface area contributed by atoms with Crippen LogP contribution in [0.4, 0.5) is 13.2 Å². The Labute approximate surface area is 276 Å². The smallest absolute Gasteiger partial charge is 0.336 e. The third-order valence-electron chi connectivity index (χ3n) is 8.35. The largest absolute Gasteiger partial charge is 0.433 e. The van der Waals surface area contributed by atoms with Gasteiger partial charge >= 0.3 is 6.18 Å². The first-order valence-corrected chi connectivity index (χ1v) is 15.5. The molecule has 48 heavy (non-hydrogen) atoms. The molecule has 0 radical (unpaired) electrons. The summed E-state index contributed by atoms with van der Waals surface area (Å²) in [7, 11) is 0. The van der Waals surface area contributed by atoms with Crippen LogP contribution in [0.5, 0.6) is 0 Å². The van der Waals surface area contributed by atoms with Crippen LogP contribution in [0.1, 0.15) is 33.5 Å². The van der Waals surface area contributed by atoms with Crippen molar-refractivity contribution in [2.24, 2.45) is 0 Å². The number of hydrogen-bond donors (Lipinski definition) is 0. The molecule has 0 N–H and O–H groups in total. The molecular weight excluding hydrogens is 615 g/mol. The van der Waals surface area contributed by atoms with E-state index in [4.69, 9.17) is 0 Å². The van der Waals surface area contributed by atoms with E-state index in [0.717, 1.165) is 40.1 Å². The Bertz CT molecular complexity index is 1880. The predicted octanol–water partition coefficient (Wildman–Crippen LogP) is 6.80. The van der Waals surface area contributed by atoms with Gasteiger partial charge in [-0.2, -0.15) is 13.2 Å². The highest BCUT2D eigenvalue weighted by molar-refractivity contribution is 5.95. The van der Waals surface area contributed by atoms with Gasteiger partial charge in [-0.25, -0.2) is 9.97 Å². The number of alkyl halides is 3. The van der Waals surface area contributed by atoms with Crippen LogP contribution in [0.3, 0.4) is 0 Å². The molecule has 0 saturated carbocycles. The van der Waals surface area contributed by atoms with Crippen LogP contribution in [0.15, 0.2) is 122 Å². The second kappa shape index (κ2) is 14.4. The topological polar surface area (TPSA) is 79.3 Å². The van der Waals surface area contributed by atoms with Crippen LogP contribution >= 0.6 is 0 Å². The van der Waals surface area contributed by atoms with E-state index in [1.54, 1.807) is 22.2 Å². The second-order valence-corrected chi connectivity index (χ2v) is 11.6. The fraction of sp³-hybridized carbons (Fsp3) is 0.184. The Morgan fingerprint density at radius 3 is 2.21 bits per heavy atom. The predicted molar refractivity (Wildman–Crippen MR) is 176 cm³/mol. The minimum absolute atomic E-state index is 0.119. The van der Waals surface area contributed by atoms with Gasteiger partial charge in [0.1, 0.15) is 18.1 Å². The fourth-order valence-corrected chi connectivity index (χ4v) is 5.79. The summed E-state index contributed by atoms with van der Waals surface area (Å²) < 4.78 is 39.2. The quantitative estimate of drug-likeness (QED) is 0.165. The van der Waals surface area contributed by atoms with Crippen LogP contribution in [0.25, 0.3) is 17.2 Å². The van der Waals surface area contributed by atoms with Crippen LogP contribution in [-0.2, 0) is 41.7 Å². The molecule has 242 valence electrons. The van der Waals surface area contributed by atoms with Crippen molar-refractivity contribution < 1.29 is 22.8 Å². The highest BCUT2D eigenvalue weighted by atomic mass is 19.4. The van der Waals surface area contributed by atoms with Gasteiger partial charge in [0.15, 0.2) is 0 Å². The van der Waals surface area contributed by atoms with Crippen molar-refractivity contribution in [2.75, 3.05) is 6.54 Å². The maximum atomic E-state index is 14.5. The van der Waals surface area contributed by atoms with Crippen molar-refractivity contribution in [3.63, 3.8) is 0 Å². The molecule has 2 aromatic heterocycles. The van der Waals surface area contributed by atoms with Crippen molar-refractivity contribution in [1.29, 1.82) is 0 Å². The number of rotatable bonds is 9. The highest BCUT2D eigenvalue weighted by Crippen LogP contribution is 2.28. The Hall–Kier alpha value is -5.64. The minimum Gasteiger partial charge on any atom is -0.336 e. The summed E-state index contributed by atoms with van der Waals surface area (Å²) in [6.45, 7) is 1.07. The summed E-state index contributed by atoms with van der Waals surface area (Å²) in [4.78, 5) is 43.6. The number of aromatic nitrogens is 3. The molecule has 0 unspecified atom stereocenters. The number of halogens is 3.